The lowest BCUT2D eigenvalue weighted by Crippen LogP contribution is -2.52. The van der Waals surface area contributed by atoms with E-state index in [2.05, 4.69) is 10.4 Å². The Labute approximate surface area is 288 Å². The second-order valence-electron chi connectivity index (χ2n) is 11.7. The summed E-state index contributed by atoms with van der Waals surface area (Å²) in [5.74, 6) is -1.53. The van der Waals surface area contributed by atoms with Crippen LogP contribution in [0.2, 0.25) is 0 Å². The van der Waals surface area contributed by atoms with Crippen molar-refractivity contribution in [3.8, 4) is 16.9 Å². The first-order valence-electron chi connectivity index (χ1n) is 15.2. The largest absolute Gasteiger partial charge is 0.569 e. The lowest BCUT2D eigenvalue weighted by atomic mass is 10.0. The van der Waals surface area contributed by atoms with Gasteiger partial charge in [0.25, 0.3) is 21.8 Å². The Kier molecular flexibility index (Phi) is 9.15. The second kappa shape index (κ2) is 13.4. The predicted molar refractivity (Wildman–Crippen MR) is 169 cm³/mol. The average molecular weight is 728 g/mol. The number of alkyl halides is 3. The van der Waals surface area contributed by atoms with Crippen molar-refractivity contribution in [2.45, 2.75) is 31.1 Å². The van der Waals surface area contributed by atoms with E-state index < -0.39 is 46.0 Å². The van der Waals surface area contributed by atoms with Crippen molar-refractivity contribution in [3.05, 3.63) is 106 Å². The number of ether oxygens (including phenoxy) is 1. The number of halogens is 3. The zero-order valence-electron chi connectivity index (χ0n) is 26.8. The minimum atomic E-state index is -4.72. The fourth-order valence-electron chi connectivity index (χ4n) is 5.34. The van der Waals surface area contributed by atoms with E-state index >= 15 is 0 Å². The highest BCUT2D eigenvalue weighted by Crippen LogP contribution is 2.33. The van der Waals surface area contributed by atoms with Crippen LogP contribution in [0, 0.1) is 18.0 Å². The Morgan fingerprint density at radius 1 is 1.04 bits per heavy atom. The van der Waals surface area contributed by atoms with Crippen molar-refractivity contribution in [1.29, 1.82) is 0 Å². The summed E-state index contributed by atoms with van der Waals surface area (Å²) < 4.78 is 74.1. The Hall–Kier alpha value is -5.98. The normalized spacial score (nSPS) is 15.7. The molecule has 6 rings (SSSR count). The lowest BCUT2D eigenvalue weighted by Gasteiger charge is -2.33. The Morgan fingerprint density at radius 3 is 2.24 bits per heavy atom. The first-order chi connectivity index (χ1) is 24.1. The number of carbonyl (C=O) groups excluding carboxylic acids is 3. The number of rotatable bonds is 10. The van der Waals surface area contributed by atoms with Gasteiger partial charge in [-0.25, -0.2) is 27.5 Å². The van der Waals surface area contributed by atoms with Crippen molar-refractivity contribution in [1.82, 2.24) is 24.4 Å². The molecule has 1 fully saturated rings. The van der Waals surface area contributed by atoms with Crippen molar-refractivity contribution < 1.29 is 50.5 Å². The third-order valence-electron chi connectivity index (χ3n) is 8.05. The summed E-state index contributed by atoms with van der Waals surface area (Å²) in [6.45, 7) is 3.08. The third kappa shape index (κ3) is 7.18. The van der Waals surface area contributed by atoms with Crippen molar-refractivity contribution >= 4 is 27.9 Å². The van der Waals surface area contributed by atoms with Crippen LogP contribution in [0.1, 0.15) is 38.9 Å². The minimum absolute atomic E-state index is 0.0628. The molecule has 51 heavy (non-hydrogen) atoms. The van der Waals surface area contributed by atoms with Crippen LogP contribution in [0.5, 0.6) is 0 Å². The number of benzene rings is 3. The number of nitrogens with one attached hydrogen (secondary N) is 1. The molecule has 266 valence electrons. The van der Waals surface area contributed by atoms with Crippen LogP contribution >= 0.6 is 0 Å². The number of imide groups is 1. The highest BCUT2D eigenvalue weighted by Gasteiger charge is 2.40. The van der Waals surface area contributed by atoms with Crippen LogP contribution in [-0.2, 0) is 25.8 Å². The monoisotopic (exact) mass is 727 g/mol. The van der Waals surface area contributed by atoms with Crippen molar-refractivity contribution in [2.75, 3.05) is 19.7 Å². The summed E-state index contributed by atoms with van der Waals surface area (Å²) in [6, 6.07) is 18.6. The first kappa shape index (κ1) is 34.9. The van der Waals surface area contributed by atoms with Crippen LogP contribution in [0.4, 0.5) is 18.0 Å². The van der Waals surface area contributed by atoms with E-state index in [4.69, 9.17) is 9.57 Å². The van der Waals surface area contributed by atoms with Crippen molar-refractivity contribution in [3.63, 3.8) is 0 Å². The van der Waals surface area contributed by atoms with E-state index in [1.807, 2.05) is 6.92 Å². The van der Waals surface area contributed by atoms with Crippen LogP contribution < -0.4 is 4.72 Å². The molecule has 4 aromatic rings. The fraction of sp³-hybridized carbons (Fsp3) is 0.250. The zero-order valence-corrected chi connectivity index (χ0v) is 27.6. The number of hydrogen-bond donors (Lipinski definition) is 1. The van der Waals surface area contributed by atoms with Gasteiger partial charge in [-0.3, -0.25) is 9.59 Å². The maximum absolute atomic E-state index is 13.5. The summed E-state index contributed by atoms with van der Waals surface area (Å²) in [5, 5.41) is 20.6. The summed E-state index contributed by atoms with van der Waals surface area (Å²) in [6.07, 6.45) is -7.19. The molecule has 1 aromatic heterocycles. The fourth-order valence-corrected chi connectivity index (χ4v) is 6.23. The molecule has 3 heterocycles. The number of hydrazine groups is 1. The number of hydrogen-bond acceptors (Lipinski definition) is 10. The highest BCUT2D eigenvalue weighted by molar-refractivity contribution is 7.90. The number of nitrogens with zero attached hydrogens (tertiary/aromatic N) is 6. The summed E-state index contributed by atoms with van der Waals surface area (Å²) in [7, 11) is -4.44. The number of amides is 3. The van der Waals surface area contributed by atoms with Gasteiger partial charge >= 0.3 is 12.3 Å². The number of carbonyl (C=O) groups is 3. The summed E-state index contributed by atoms with van der Waals surface area (Å²) in [4.78, 5) is 43.1. The summed E-state index contributed by atoms with van der Waals surface area (Å²) >= 11 is 0. The molecule has 1 N–H and O–H groups in total. The molecule has 0 radical (unpaired) electrons. The SMILES string of the molecule is Cc1ccc(-c2cc(C(F)(F)F)nn2-c2ccc(S(=O)(=O)NC(=O)OCC3CN(/[N+]([O-])=N/OC(C)N4C(=O)c5ccccc5C4=O)C3)cc2)cc1. The number of fused-ring (bicyclic) bond motifs is 1. The topological polar surface area (TPSA) is 179 Å². The number of aromatic nitrogens is 2. The van der Waals surface area contributed by atoms with Gasteiger partial charge in [-0.05, 0) is 56.3 Å². The zero-order chi connectivity index (χ0) is 36.7. The maximum atomic E-state index is 13.5. The van der Waals surface area contributed by atoms with Crippen molar-refractivity contribution in [2.24, 2.45) is 11.2 Å². The van der Waals surface area contributed by atoms with Gasteiger partial charge in [-0.2, -0.15) is 18.3 Å². The molecule has 2 aliphatic heterocycles. The molecule has 1 unspecified atom stereocenters. The minimum Gasteiger partial charge on any atom is -0.569 e. The van der Waals surface area contributed by atoms with Crippen LogP contribution in [0.15, 0.2) is 89.0 Å². The Bertz CT molecular complexity index is 2100. The molecule has 1 saturated heterocycles. The van der Waals surface area contributed by atoms with Crippen LogP contribution in [-0.4, -0.2) is 76.9 Å². The molecule has 0 aliphatic carbocycles. The maximum Gasteiger partial charge on any atom is 0.435 e. The van der Waals surface area contributed by atoms with Gasteiger partial charge in [-0.1, -0.05) is 42.0 Å². The lowest BCUT2D eigenvalue weighted by molar-refractivity contribution is -0.728. The van der Waals surface area contributed by atoms with E-state index in [-0.39, 0.29) is 58.0 Å². The molecule has 0 saturated carbocycles. The molecule has 19 heteroatoms. The van der Waals surface area contributed by atoms with E-state index in [0.717, 1.165) is 33.3 Å². The number of aryl methyl sites for hydroxylation is 1. The van der Waals surface area contributed by atoms with E-state index in [9.17, 15) is 41.2 Å². The third-order valence-corrected chi connectivity index (χ3v) is 9.37. The Balaban J connectivity index is 1.00. The van der Waals surface area contributed by atoms with Gasteiger partial charge in [0.2, 0.25) is 11.5 Å². The smallest absolute Gasteiger partial charge is 0.435 e. The van der Waals surface area contributed by atoms with Crippen LogP contribution in [0.3, 0.4) is 0 Å². The second-order valence-corrected chi connectivity index (χ2v) is 13.4. The van der Waals surface area contributed by atoms with E-state index in [0.29, 0.717) is 5.56 Å². The Morgan fingerprint density at radius 2 is 1.65 bits per heavy atom. The molecule has 3 amide bonds. The van der Waals surface area contributed by atoms with E-state index in [1.165, 1.54) is 36.2 Å². The van der Waals surface area contributed by atoms with Gasteiger partial charge in [0.05, 0.1) is 52.1 Å². The first-order valence-corrected chi connectivity index (χ1v) is 16.7. The van der Waals surface area contributed by atoms with Crippen LogP contribution in [0.25, 0.3) is 16.9 Å². The number of sulfonamides is 1. The van der Waals surface area contributed by atoms with E-state index in [1.54, 1.807) is 41.1 Å². The highest BCUT2D eigenvalue weighted by atomic mass is 32.2. The summed E-state index contributed by atoms with van der Waals surface area (Å²) in [5.41, 5.74) is 0.916. The van der Waals surface area contributed by atoms with Gasteiger partial charge in [-0.15, -0.1) is 5.01 Å². The van der Waals surface area contributed by atoms with Gasteiger partial charge in [0, 0.05) is 11.5 Å². The molecular weight excluding hydrogens is 699 g/mol. The molecule has 3 aromatic carbocycles. The molecular formula is C32H28F3N7O8S. The standard InChI is InChI=1S/C32H28F3N7O8S/c1-19-7-9-22(10-8-19)27-15-28(32(33,34)35)36-41(27)23-11-13-24(14-12-23)51(47,48)37-31(45)49-18-21-16-39(17-21)42(46)38-50-20(2)40-29(43)25-5-3-4-6-26(25)30(40)44/h3-15,20-21H,16-18H2,1-2H3,(H,37,45)/b42-38-. The molecule has 0 spiro atoms. The van der Waals surface area contributed by atoms with Gasteiger partial charge in [0.1, 0.15) is 0 Å². The quantitative estimate of drug-likeness (QED) is 0.105. The predicted octanol–water partition coefficient (Wildman–Crippen LogP) is 4.66. The molecule has 0 bridgehead atoms. The van der Waals surface area contributed by atoms with Gasteiger partial charge < -0.3 is 14.8 Å². The van der Waals surface area contributed by atoms with Gasteiger partial charge in [0.15, 0.2) is 5.69 Å². The molecule has 2 aliphatic rings. The molecule has 15 nitrogen and oxygen atoms in total. The average Bonchev–Trinajstić information content (AvgIpc) is 3.63. The molecule has 1 atom stereocenters.